The molecule has 1 aromatic carbocycles. The average molecular weight is 317 g/mol. The third-order valence-electron chi connectivity index (χ3n) is 4.01. The van der Waals surface area contributed by atoms with Crippen LogP contribution in [0.2, 0.25) is 0 Å². The molecule has 0 saturated heterocycles. The highest BCUT2D eigenvalue weighted by Crippen LogP contribution is 2.29. The summed E-state index contributed by atoms with van der Waals surface area (Å²) < 4.78 is 0. The fourth-order valence-corrected chi connectivity index (χ4v) is 2.47. The highest BCUT2D eigenvalue weighted by atomic mass is 16.2. The fraction of sp³-hybridized carbons (Fsp3) is 0.556. The Balaban J connectivity index is 1.86. The molecule has 126 valence electrons. The third-order valence-corrected chi connectivity index (χ3v) is 4.01. The first-order valence-electron chi connectivity index (χ1n) is 8.34. The van der Waals surface area contributed by atoms with Crippen molar-refractivity contribution >= 4 is 11.9 Å². The Bertz CT molecular complexity index is 536. The lowest BCUT2D eigenvalue weighted by molar-refractivity contribution is 0.0827. The summed E-state index contributed by atoms with van der Waals surface area (Å²) in [5.41, 5.74) is 1.66. The van der Waals surface area contributed by atoms with Gasteiger partial charge in [0.2, 0.25) is 0 Å². The summed E-state index contributed by atoms with van der Waals surface area (Å²) in [4.78, 5) is 27.6. The molecule has 0 aliphatic heterocycles. The summed E-state index contributed by atoms with van der Waals surface area (Å²) in [6.45, 7) is 4.25. The predicted octanol–water partition coefficient (Wildman–Crippen LogP) is 2.72. The van der Waals surface area contributed by atoms with E-state index in [-0.39, 0.29) is 11.9 Å². The standard InChI is InChI=1S/C18H27N3O2/c1-4-11-21(13-15-5-6-15)18(23)19-12-14-7-9-16(10-8-14)17(22)20(2)3/h7-10,15H,4-6,11-13H2,1-3H3,(H,19,23). The summed E-state index contributed by atoms with van der Waals surface area (Å²) in [6, 6.07) is 7.40. The number of urea groups is 1. The average Bonchev–Trinajstić information content (AvgIpc) is 3.36. The predicted molar refractivity (Wildman–Crippen MR) is 91.3 cm³/mol. The number of hydrogen-bond donors (Lipinski definition) is 1. The highest BCUT2D eigenvalue weighted by molar-refractivity contribution is 5.93. The molecule has 1 aromatic rings. The molecule has 1 aliphatic rings. The van der Waals surface area contributed by atoms with E-state index in [1.165, 1.54) is 12.8 Å². The highest BCUT2D eigenvalue weighted by Gasteiger charge is 2.26. The van der Waals surface area contributed by atoms with E-state index < -0.39 is 0 Å². The van der Waals surface area contributed by atoms with Crippen molar-refractivity contribution in [1.29, 1.82) is 0 Å². The van der Waals surface area contributed by atoms with Gasteiger partial charge in [-0.1, -0.05) is 19.1 Å². The van der Waals surface area contributed by atoms with Gasteiger partial charge in [0.1, 0.15) is 0 Å². The first-order valence-corrected chi connectivity index (χ1v) is 8.34. The minimum Gasteiger partial charge on any atom is -0.345 e. The van der Waals surface area contributed by atoms with Crippen LogP contribution in [0.15, 0.2) is 24.3 Å². The maximum Gasteiger partial charge on any atom is 0.317 e. The number of rotatable bonds is 7. The zero-order valence-corrected chi connectivity index (χ0v) is 14.3. The number of carbonyl (C=O) groups excluding carboxylic acids is 2. The summed E-state index contributed by atoms with van der Waals surface area (Å²) in [5, 5.41) is 2.98. The van der Waals surface area contributed by atoms with Crippen LogP contribution < -0.4 is 5.32 Å². The lowest BCUT2D eigenvalue weighted by Gasteiger charge is -2.22. The van der Waals surface area contributed by atoms with Gasteiger partial charge in [-0.15, -0.1) is 0 Å². The Kier molecular flexibility index (Phi) is 6.02. The van der Waals surface area contributed by atoms with Gasteiger partial charge in [0.15, 0.2) is 0 Å². The van der Waals surface area contributed by atoms with Gasteiger partial charge in [-0.25, -0.2) is 4.79 Å². The summed E-state index contributed by atoms with van der Waals surface area (Å²) in [6.07, 6.45) is 3.46. The van der Waals surface area contributed by atoms with Crippen molar-refractivity contribution in [3.63, 3.8) is 0 Å². The Morgan fingerprint density at radius 1 is 1.17 bits per heavy atom. The van der Waals surface area contributed by atoms with E-state index in [0.29, 0.717) is 18.0 Å². The molecule has 23 heavy (non-hydrogen) atoms. The van der Waals surface area contributed by atoms with E-state index in [9.17, 15) is 9.59 Å². The van der Waals surface area contributed by atoms with Crippen LogP contribution in [0.3, 0.4) is 0 Å². The van der Waals surface area contributed by atoms with E-state index in [2.05, 4.69) is 12.2 Å². The van der Waals surface area contributed by atoms with Gasteiger partial charge in [-0.3, -0.25) is 4.79 Å². The van der Waals surface area contributed by atoms with Gasteiger partial charge < -0.3 is 15.1 Å². The van der Waals surface area contributed by atoms with Crippen LogP contribution >= 0.6 is 0 Å². The number of nitrogens with one attached hydrogen (secondary N) is 1. The van der Waals surface area contributed by atoms with Gasteiger partial charge in [0, 0.05) is 39.3 Å². The number of benzene rings is 1. The molecule has 0 radical (unpaired) electrons. The smallest absolute Gasteiger partial charge is 0.317 e. The quantitative estimate of drug-likeness (QED) is 0.840. The SMILES string of the molecule is CCCN(CC1CC1)C(=O)NCc1ccc(C(=O)N(C)C)cc1. The second kappa shape index (κ2) is 7.99. The second-order valence-electron chi connectivity index (χ2n) is 6.44. The number of nitrogens with zero attached hydrogens (tertiary/aromatic N) is 2. The maximum atomic E-state index is 12.3. The van der Waals surface area contributed by atoms with E-state index in [4.69, 9.17) is 0 Å². The molecule has 3 amide bonds. The summed E-state index contributed by atoms with van der Waals surface area (Å²) in [7, 11) is 3.47. The molecule has 0 heterocycles. The minimum absolute atomic E-state index is 0.00666. The van der Waals surface area contributed by atoms with Crippen LogP contribution in [0.25, 0.3) is 0 Å². The zero-order chi connectivity index (χ0) is 16.8. The van der Waals surface area contributed by atoms with Crippen molar-refractivity contribution in [3.8, 4) is 0 Å². The molecule has 1 aliphatic carbocycles. The lowest BCUT2D eigenvalue weighted by Crippen LogP contribution is -2.41. The Morgan fingerprint density at radius 2 is 1.83 bits per heavy atom. The molecule has 0 spiro atoms. The van der Waals surface area contributed by atoms with Crippen LogP contribution in [0.5, 0.6) is 0 Å². The van der Waals surface area contributed by atoms with Crippen LogP contribution in [0.1, 0.15) is 42.1 Å². The molecule has 1 N–H and O–H groups in total. The van der Waals surface area contributed by atoms with Gasteiger partial charge in [-0.05, 0) is 42.9 Å². The van der Waals surface area contributed by atoms with Crippen molar-refractivity contribution in [3.05, 3.63) is 35.4 Å². The Hall–Kier alpha value is -2.04. The molecular formula is C18H27N3O2. The summed E-state index contributed by atoms with van der Waals surface area (Å²) in [5.74, 6) is 0.683. The first-order chi connectivity index (χ1) is 11.0. The second-order valence-corrected chi connectivity index (χ2v) is 6.44. The van der Waals surface area contributed by atoms with Crippen LogP contribution in [-0.2, 0) is 6.54 Å². The monoisotopic (exact) mass is 317 g/mol. The molecule has 0 atom stereocenters. The Labute approximate surface area is 138 Å². The fourth-order valence-electron chi connectivity index (χ4n) is 2.47. The number of hydrogen-bond acceptors (Lipinski definition) is 2. The lowest BCUT2D eigenvalue weighted by atomic mass is 10.1. The first kappa shape index (κ1) is 17.3. The van der Waals surface area contributed by atoms with Crippen molar-refractivity contribution < 1.29 is 9.59 Å². The molecule has 0 aromatic heterocycles. The molecule has 0 bridgehead atoms. The minimum atomic E-state index is -0.0147. The van der Waals surface area contributed by atoms with E-state index in [1.807, 2.05) is 17.0 Å². The van der Waals surface area contributed by atoms with Crippen LogP contribution in [0.4, 0.5) is 4.79 Å². The molecule has 2 rings (SSSR count). The van der Waals surface area contributed by atoms with E-state index in [0.717, 1.165) is 25.1 Å². The molecule has 1 saturated carbocycles. The number of amides is 3. The zero-order valence-electron chi connectivity index (χ0n) is 14.3. The topological polar surface area (TPSA) is 52.7 Å². The number of carbonyl (C=O) groups is 2. The largest absolute Gasteiger partial charge is 0.345 e. The molecular weight excluding hydrogens is 290 g/mol. The maximum absolute atomic E-state index is 12.3. The van der Waals surface area contributed by atoms with Crippen LogP contribution in [0, 0.1) is 5.92 Å². The molecule has 5 heteroatoms. The molecule has 5 nitrogen and oxygen atoms in total. The van der Waals surface area contributed by atoms with E-state index in [1.54, 1.807) is 31.1 Å². The van der Waals surface area contributed by atoms with E-state index >= 15 is 0 Å². The van der Waals surface area contributed by atoms with Gasteiger partial charge in [0.25, 0.3) is 5.91 Å². The van der Waals surface area contributed by atoms with Crippen molar-refractivity contribution in [2.24, 2.45) is 5.92 Å². The van der Waals surface area contributed by atoms with Gasteiger partial charge in [0.05, 0.1) is 0 Å². The van der Waals surface area contributed by atoms with Crippen LogP contribution in [-0.4, -0.2) is 48.9 Å². The van der Waals surface area contributed by atoms with Crippen molar-refractivity contribution in [2.75, 3.05) is 27.2 Å². The van der Waals surface area contributed by atoms with Crippen molar-refractivity contribution in [2.45, 2.75) is 32.7 Å². The molecule has 0 unspecified atom stereocenters. The van der Waals surface area contributed by atoms with Gasteiger partial charge >= 0.3 is 6.03 Å². The summed E-state index contributed by atoms with van der Waals surface area (Å²) >= 11 is 0. The Morgan fingerprint density at radius 3 is 2.35 bits per heavy atom. The van der Waals surface area contributed by atoms with Crippen molar-refractivity contribution in [1.82, 2.24) is 15.1 Å². The molecule has 1 fully saturated rings. The van der Waals surface area contributed by atoms with Gasteiger partial charge in [-0.2, -0.15) is 0 Å². The normalized spacial score (nSPS) is 13.5. The third kappa shape index (κ3) is 5.27.